The van der Waals surface area contributed by atoms with Crippen LogP contribution in [0.25, 0.3) is 10.9 Å². The van der Waals surface area contributed by atoms with E-state index in [4.69, 9.17) is 4.74 Å². The molecule has 0 spiro atoms. The van der Waals surface area contributed by atoms with Crippen LogP contribution in [0.2, 0.25) is 0 Å². The Bertz CT molecular complexity index is 720. The number of benzene rings is 1. The number of nitrogens with zero attached hydrogens (tertiary/aromatic N) is 2. The molecule has 0 amide bonds. The highest BCUT2D eigenvalue weighted by Gasteiger charge is 2.15. The summed E-state index contributed by atoms with van der Waals surface area (Å²) in [6, 6.07) is 5.47. The summed E-state index contributed by atoms with van der Waals surface area (Å²) in [6.07, 6.45) is 6.53. The lowest BCUT2D eigenvalue weighted by Crippen LogP contribution is -2.24. The van der Waals surface area contributed by atoms with Crippen LogP contribution < -0.4 is 10.3 Å². The molecular weight excluding hydrogens is 296 g/mol. The zero-order valence-corrected chi connectivity index (χ0v) is 14.0. The van der Waals surface area contributed by atoms with Gasteiger partial charge in [0.15, 0.2) is 0 Å². The number of hydrogen-bond donors (Lipinski definition) is 0. The SMILES string of the molecule is COc1ccc2nc(C)n(CSC3CCCCC3)c(=O)c2c1. The summed E-state index contributed by atoms with van der Waals surface area (Å²) in [5.74, 6) is 2.17. The second-order valence-electron chi connectivity index (χ2n) is 5.83. The predicted octanol–water partition coefficient (Wildman–Crippen LogP) is 3.74. The molecule has 5 heteroatoms. The summed E-state index contributed by atoms with van der Waals surface area (Å²) < 4.78 is 7.01. The van der Waals surface area contributed by atoms with E-state index < -0.39 is 0 Å². The van der Waals surface area contributed by atoms with Crippen molar-refractivity contribution >= 4 is 22.7 Å². The van der Waals surface area contributed by atoms with Crippen molar-refractivity contribution in [3.8, 4) is 5.75 Å². The predicted molar refractivity (Wildman–Crippen MR) is 91.8 cm³/mol. The molecule has 1 aromatic heterocycles. The molecule has 1 aliphatic carbocycles. The molecule has 0 atom stereocenters. The molecule has 1 heterocycles. The smallest absolute Gasteiger partial charge is 0.262 e. The molecule has 0 radical (unpaired) electrons. The highest BCUT2D eigenvalue weighted by Crippen LogP contribution is 2.29. The van der Waals surface area contributed by atoms with Crippen molar-refractivity contribution < 1.29 is 4.74 Å². The van der Waals surface area contributed by atoms with Gasteiger partial charge in [0, 0.05) is 5.25 Å². The molecule has 3 rings (SSSR count). The lowest BCUT2D eigenvalue weighted by molar-refractivity contribution is 0.415. The Morgan fingerprint density at radius 2 is 2.09 bits per heavy atom. The van der Waals surface area contributed by atoms with E-state index in [1.165, 1.54) is 32.1 Å². The number of fused-ring (bicyclic) bond motifs is 1. The lowest BCUT2D eigenvalue weighted by atomic mass is 10.0. The lowest BCUT2D eigenvalue weighted by Gasteiger charge is -2.21. The Morgan fingerprint density at radius 1 is 1.32 bits per heavy atom. The topological polar surface area (TPSA) is 44.1 Å². The van der Waals surface area contributed by atoms with Gasteiger partial charge in [-0.2, -0.15) is 0 Å². The normalized spacial score (nSPS) is 16.1. The van der Waals surface area contributed by atoms with Crippen molar-refractivity contribution in [1.82, 2.24) is 9.55 Å². The van der Waals surface area contributed by atoms with E-state index in [1.54, 1.807) is 17.7 Å². The van der Waals surface area contributed by atoms with E-state index in [0.29, 0.717) is 22.3 Å². The minimum Gasteiger partial charge on any atom is -0.497 e. The maximum absolute atomic E-state index is 12.7. The van der Waals surface area contributed by atoms with E-state index in [0.717, 1.165) is 11.3 Å². The summed E-state index contributed by atoms with van der Waals surface area (Å²) in [4.78, 5) is 17.3. The standard InChI is InChI=1S/C17H22N2O2S/c1-12-18-16-9-8-13(21-2)10-15(16)17(20)19(12)11-22-14-6-4-3-5-7-14/h8-10,14H,3-7,11H2,1-2H3. The summed E-state index contributed by atoms with van der Waals surface area (Å²) >= 11 is 1.89. The highest BCUT2D eigenvalue weighted by molar-refractivity contribution is 7.98. The molecule has 0 aliphatic heterocycles. The fourth-order valence-corrected chi connectivity index (χ4v) is 4.33. The third kappa shape index (κ3) is 3.14. The molecule has 0 unspecified atom stereocenters. The van der Waals surface area contributed by atoms with Crippen LogP contribution in [-0.2, 0) is 5.88 Å². The van der Waals surface area contributed by atoms with Gasteiger partial charge in [-0.25, -0.2) is 4.98 Å². The first-order valence-electron chi connectivity index (χ1n) is 7.86. The van der Waals surface area contributed by atoms with Gasteiger partial charge in [0.1, 0.15) is 11.6 Å². The highest BCUT2D eigenvalue weighted by atomic mass is 32.2. The molecule has 1 fully saturated rings. The minimum absolute atomic E-state index is 0.0321. The van der Waals surface area contributed by atoms with Gasteiger partial charge in [0.25, 0.3) is 5.56 Å². The third-order valence-electron chi connectivity index (χ3n) is 4.34. The molecule has 0 bridgehead atoms. The van der Waals surface area contributed by atoms with Crippen molar-refractivity contribution in [3.63, 3.8) is 0 Å². The first-order valence-corrected chi connectivity index (χ1v) is 8.90. The van der Waals surface area contributed by atoms with E-state index in [-0.39, 0.29) is 5.56 Å². The van der Waals surface area contributed by atoms with Crippen molar-refractivity contribution in [1.29, 1.82) is 0 Å². The number of thioether (sulfide) groups is 1. The first kappa shape index (κ1) is 15.4. The van der Waals surface area contributed by atoms with Crippen LogP contribution >= 0.6 is 11.8 Å². The van der Waals surface area contributed by atoms with Gasteiger partial charge in [-0.1, -0.05) is 19.3 Å². The molecular formula is C17H22N2O2S. The molecule has 0 N–H and O–H groups in total. The maximum Gasteiger partial charge on any atom is 0.262 e. The fraction of sp³-hybridized carbons (Fsp3) is 0.529. The largest absolute Gasteiger partial charge is 0.497 e. The number of ether oxygens (including phenoxy) is 1. The van der Waals surface area contributed by atoms with Crippen LogP contribution in [-0.4, -0.2) is 21.9 Å². The Balaban J connectivity index is 1.89. The summed E-state index contributed by atoms with van der Waals surface area (Å²) in [5.41, 5.74) is 0.770. The van der Waals surface area contributed by atoms with E-state index in [1.807, 2.05) is 30.8 Å². The van der Waals surface area contributed by atoms with Crippen LogP contribution in [0.4, 0.5) is 0 Å². The van der Waals surface area contributed by atoms with Crippen molar-refractivity contribution in [2.24, 2.45) is 0 Å². The van der Waals surface area contributed by atoms with Gasteiger partial charge < -0.3 is 4.74 Å². The maximum atomic E-state index is 12.7. The Hall–Kier alpha value is -1.49. The van der Waals surface area contributed by atoms with Gasteiger partial charge in [-0.15, -0.1) is 11.8 Å². The summed E-state index contributed by atoms with van der Waals surface area (Å²) in [6.45, 7) is 1.91. The number of rotatable bonds is 4. The number of methoxy groups -OCH3 is 1. The average molecular weight is 318 g/mol. The zero-order valence-electron chi connectivity index (χ0n) is 13.2. The molecule has 4 nitrogen and oxygen atoms in total. The first-order chi connectivity index (χ1) is 10.7. The van der Waals surface area contributed by atoms with Gasteiger partial charge in [0.2, 0.25) is 0 Å². The molecule has 22 heavy (non-hydrogen) atoms. The van der Waals surface area contributed by atoms with Gasteiger partial charge in [0.05, 0.1) is 23.9 Å². The molecule has 1 saturated carbocycles. The van der Waals surface area contributed by atoms with E-state index in [2.05, 4.69) is 4.98 Å². The second kappa shape index (κ2) is 6.73. The fourth-order valence-electron chi connectivity index (χ4n) is 3.00. The second-order valence-corrected chi connectivity index (χ2v) is 7.09. The average Bonchev–Trinajstić information content (AvgIpc) is 2.55. The van der Waals surface area contributed by atoms with Gasteiger partial charge in [-0.05, 0) is 38.0 Å². The van der Waals surface area contributed by atoms with Crippen LogP contribution in [0.1, 0.15) is 37.9 Å². The third-order valence-corrected chi connectivity index (χ3v) is 5.69. The molecule has 0 saturated heterocycles. The van der Waals surface area contributed by atoms with E-state index >= 15 is 0 Å². The van der Waals surface area contributed by atoms with Gasteiger partial charge >= 0.3 is 0 Å². The number of aromatic nitrogens is 2. The zero-order chi connectivity index (χ0) is 15.5. The minimum atomic E-state index is 0.0321. The molecule has 2 aromatic rings. The Labute approximate surface area is 134 Å². The Morgan fingerprint density at radius 3 is 2.82 bits per heavy atom. The Kier molecular flexibility index (Phi) is 4.71. The summed E-state index contributed by atoms with van der Waals surface area (Å²) in [5, 5.41) is 1.32. The molecule has 1 aliphatic rings. The van der Waals surface area contributed by atoms with Crippen LogP contribution in [0.15, 0.2) is 23.0 Å². The molecule has 118 valence electrons. The molecule has 1 aromatic carbocycles. The van der Waals surface area contributed by atoms with Crippen LogP contribution in [0.3, 0.4) is 0 Å². The monoisotopic (exact) mass is 318 g/mol. The van der Waals surface area contributed by atoms with Crippen LogP contribution in [0.5, 0.6) is 5.75 Å². The van der Waals surface area contributed by atoms with Crippen molar-refractivity contribution in [2.75, 3.05) is 7.11 Å². The van der Waals surface area contributed by atoms with Crippen LogP contribution in [0, 0.1) is 6.92 Å². The summed E-state index contributed by atoms with van der Waals surface area (Å²) in [7, 11) is 1.61. The number of hydrogen-bond acceptors (Lipinski definition) is 4. The number of aryl methyl sites for hydroxylation is 1. The quantitative estimate of drug-likeness (QED) is 0.861. The van der Waals surface area contributed by atoms with Gasteiger partial charge in [-0.3, -0.25) is 9.36 Å². The van der Waals surface area contributed by atoms with Crippen molar-refractivity contribution in [2.45, 2.75) is 50.2 Å². The van der Waals surface area contributed by atoms with Crippen molar-refractivity contribution in [3.05, 3.63) is 34.4 Å². The van der Waals surface area contributed by atoms with E-state index in [9.17, 15) is 4.79 Å².